The van der Waals surface area contributed by atoms with Crippen molar-refractivity contribution in [1.82, 2.24) is 0 Å². The summed E-state index contributed by atoms with van der Waals surface area (Å²) < 4.78 is 14.3. The lowest BCUT2D eigenvalue weighted by atomic mass is 10.0. The molecule has 2 heteroatoms. The zero-order valence-electron chi connectivity index (χ0n) is 15.1. The van der Waals surface area contributed by atoms with Crippen LogP contribution in [0.25, 0.3) is 21.2 Å². The first-order chi connectivity index (χ1) is 13.2. The second kappa shape index (κ2) is 7.78. The van der Waals surface area contributed by atoms with Gasteiger partial charge in [0.1, 0.15) is 5.82 Å². The summed E-state index contributed by atoms with van der Waals surface area (Å²) in [6.07, 6.45) is 2.33. The van der Waals surface area contributed by atoms with Crippen LogP contribution in [0, 0.1) is 17.7 Å². The summed E-state index contributed by atoms with van der Waals surface area (Å²) in [5.74, 6) is 5.97. The molecule has 0 aliphatic carbocycles. The van der Waals surface area contributed by atoms with Gasteiger partial charge in [0.2, 0.25) is 0 Å². The van der Waals surface area contributed by atoms with E-state index in [1.807, 2.05) is 23.5 Å². The number of rotatable bonds is 3. The summed E-state index contributed by atoms with van der Waals surface area (Å²) in [5, 5.41) is 1.33. The van der Waals surface area contributed by atoms with Crippen molar-refractivity contribution in [2.75, 3.05) is 0 Å². The third kappa shape index (κ3) is 4.10. The van der Waals surface area contributed by atoms with Crippen LogP contribution >= 0.6 is 11.3 Å². The van der Waals surface area contributed by atoms with Gasteiger partial charge in [-0.2, -0.15) is 0 Å². The Morgan fingerprint density at radius 3 is 2.07 bits per heavy atom. The maximum atomic E-state index is 12.9. The van der Waals surface area contributed by atoms with Gasteiger partial charge < -0.3 is 0 Å². The van der Waals surface area contributed by atoms with Gasteiger partial charge in [-0.1, -0.05) is 49.5 Å². The fourth-order valence-corrected chi connectivity index (χ4v) is 4.26. The average Bonchev–Trinajstić information content (AvgIpc) is 3.10. The standard InChI is InChI=1S/C25H19FS/c1-2-3-24-16-22-13-12-21(17-25(22)27-24)20-10-6-18(7-11-20)4-5-19-8-14-23(26)15-9-19/h6-17H,2-3H2,1H3. The van der Waals surface area contributed by atoms with Crippen LogP contribution in [0.4, 0.5) is 4.39 Å². The Labute approximate surface area is 163 Å². The minimum absolute atomic E-state index is 0.241. The number of fused-ring (bicyclic) bond motifs is 1. The molecule has 1 heterocycles. The Morgan fingerprint density at radius 1 is 0.778 bits per heavy atom. The van der Waals surface area contributed by atoms with Crippen LogP contribution in [0.15, 0.2) is 72.8 Å². The Balaban J connectivity index is 1.56. The first-order valence-electron chi connectivity index (χ1n) is 9.12. The molecule has 4 aromatic rings. The third-order valence-corrected chi connectivity index (χ3v) is 5.64. The van der Waals surface area contributed by atoms with Gasteiger partial charge in [-0.25, -0.2) is 4.39 Å². The molecule has 0 saturated heterocycles. The number of thiophene rings is 1. The summed E-state index contributed by atoms with van der Waals surface area (Å²) >= 11 is 1.89. The number of halogens is 1. The zero-order valence-corrected chi connectivity index (χ0v) is 15.9. The molecule has 4 rings (SSSR count). The fourth-order valence-electron chi connectivity index (χ4n) is 3.06. The van der Waals surface area contributed by atoms with Crippen LogP contribution in [-0.2, 0) is 6.42 Å². The van der Waals surface area contributed by atoms with E-state index in [-0.39, 0.29) is 5.82 Å². The molecule has 1 aromatic heterocycles. The van der Waals surface area contributed by atoms with E-state index in [1.165, 1.54) is 44.6 Å². The summed E-state index contributed by atoms with van der Waals surface area (Å²) in [4.78, 5) is 1.45. The van der Waals surface area contributed by atoms with E-state index >= 15 is 0 Å². The molecule has 0 N–H and O–H groups in total. The predicted molar refractivity (Wildman–Crippen MR) is 114 cm³/mol. The summed E-state index contributed by atoms with van der Waals surface area (Å²) in [6, 6.07) is 23.5. The number of aryl methyl sites for hydroxylation is 1. The molecule has 0 nitrogen and oxygen atoms in total. The van der Waals surface area contributed by atoms with E-state index in [9.17, 15) is 4.39 Å². The SMILES string of the molecule is CCCc1cc2ccc(-c3ccc(C#Cc4ccc(F)cc4)cc3)cc2s1. The highest BCUT2D eigenvalue weighted by Gasteiger charge is 2.04. The molecule has 0 unspecified atom stereocenters. The van der Waals surface area contributed by atoms with Crippen LogP contribution in [0.5, 0.6) is 0 Å². The van der Waals surface area contributed by atoms with Crippen molar-refractivity contribution in [3.63, 3.8) is 0 Å². The summed E-state index contributed by atoms with van der Waals surface area (Å²) in [5.41, 5.74) is 4.18. The normalized spacial score (nSPS) is 10.6. The smallest absolute Gasteiger partial charge is 0.123 e. The van der Waals surface area contributed by atoms with Crippen LogP contribution < -0.4 is 0 Å². The highest BCUT2D eigenvalue weighted by molar-refractivity contribution is 7.19. The third-order valence-electron chi connectivity index (χ3n) is 4.48. The second-order valence-corrected chi connectivity index (χ2v) is 7.72. The first-order valence-corrected chi connectivity index (χ1v) is 9.93. The quantitative estimate of drug-likeness (QED) is 0.339. The van der Waals surface area contributed by atoms with Gasteiger partial charge in [0, 0.05) is 20.7 Å². The van der Waals surface area contributed by atoms with Crippen molar-refractivity contribution in [3.8, 4) is 23.0 Å². The monoisotopic (exact) mass is 370 g/mol. The van der Waals surface area contributed by atoms with Crippen LogP contribution in [-0.4, -0.2) is 0 Å². The number of hydrogen-bond donors (Lipinski definition) is 0. The Morgan fingerprint density at radius 2 is 1.41 bits per heavy atom. The molecule has 27 heavy (non-hydrogen) atoms. The van der Waals surface area contributed by atoms with Crippen LogP contribution in [0.3, 0.4) is 0 Å². The largest absolute Gasteiger partial charge is 0.207 e. The van der Waals surface area contributed by atoms with Crippen molar-refractivity contribution >= 4 is 21.4 Å². The van der Waals surface area contributed by atoms with Crippen molar-refractivity contribution in [2.45, 2.75) is 19.8 Å². The van der Waals surface area contributed by atoms with Gasteiger partial charge in [0.05, 0.1) is 0 Å². The molecule has 3 aromatic carbocycles. The molecule has 0 bridgehead atoms. The Kier molecular flexibility index (Phi) is 5.05. The molecular weight excluding hydrogens is 351 g/mol. The summed E-state index contributed by atoms with van der Waals surface area (Å²) in [6.45, 7) is 2.22. The molecule has 0 aliphatic heterocycles. The lowest BCUT2D eigenvalue weighted by molar-refractivity contribution is 0.627. The lowest BCUT2D eigenvalue weighted by Gasteiger charge is -2.02. The van der Waals surface area contributed by atoms with E-state index < -0.39 is 0 Å². The maximum absolute atomic E-state index is 12.9. The van der Waals surface area contributed by atoms with E-state index in [2.05, 4.69) is 55.2 Å². The number of benzene rings is 3. The zero-order chi connectivity index (χ0) is 18.6. The van der Waals surface area contributed by atoms with Crippen LogP contribution in [0.2, 0.25) is 0 Å². The van der Waals surface area contributed by atoms with Crippen molar-refractivity contribution in [3.05, 3.63) is 94.6 Å². The minimum Gasteiger partial charge on any atom is -0.207 e. The van der Waals surface area contributed by atoms with Gasteiger partial charge in [-0.3, -0.25) is 0 Å². The van der Waals surface area contributed by atoms with Crippen molar-refractivity contribution in [2.24, 2.45) is 0 Å². The van der Waals surface area contributed by atoms with Crippen LogP contribution in [0.1, 0.15) is 29.3 Å². The van der Waals surface area contributed by atoms with E-state index in [1.54, 1.807) is 12.1 Å². The molecule has 0 aliphatic rings. The number of hydrogen-bond acceptors (Lipinski definition) is 1. The van der Waals surface area contributed by atoms with Gasteiger partial charge >= 0.3 is 0 Å². The molecule has 0 radical (unpaired) electrons. The van der Waals surface area contributed by atoms with Gasteiger partial charge in [0.15, 0.2) is 0 Å². The molecule has 0 atom stereocenters. The predicted octanol–water partition coefficient (Wildman–Crippen LogP) is 7.06. The van der Waals surface area contributed by atoms with Crippen molar-refractivity contribution in [1.29, 1.82) is 0 Å². The second-order valence-electron chi connectivity index (χ2n) is 6.55. The molecule has 132 valence electrons. The maximum Gasteiger partial charge on any atom is 0.123 e. The minimum atomic E-state index is -0.241. The molecule has 0 spiro atoms. The molecule has 0 saturated carbocycles. The van der Waals surface area contributed by atoms with Crippen molar-refractivity contribution < 1.29 is 4.39 Å². The first kappa shape index (κ1) is 17.5. The molecular formula is C25H19FS. The van der Waals surface area contributed by atoms with E-state index in [0.717, 1.165) is 17.5 Å². The average molecular weight is 370 g/mol. The Hall–Kier alpha value is -2.89. The fraction of sp³-hybridized carbons (Fsp3) is 0.120. The lowest BCUT2D eigenvalue weighted by Crippen LogP contribution is -1.80. The van der Waals surface area contributed by atoms with Gasteiger partial charge in [-0.15, -0.1) is 11.3 Å². The van der Waals surface area contributed by atoms with Gasteiger partial charge in [-0.05, 0) is 71.5 Å². The Bertz CT molecular complexity index is 1120. The highest BCUT2D eigenvalue weighted by Crippen LogP contribution is 2.31. The topological polar surface area (TPSA) is 0 Å². The highest BCUT2D eigenvalue weighted by atomic mass is 32.1. The van der Waals surface area contributed by atoms with E-state index in [4.69, 9.17) is 0 Å². The molecule has 0 fully saturated rings. The van der Waals surface area contributed by atoms with Gasteiger partial charge in [0.25, 0.3) is 0 Å². The molecule has 0 amide bonds. The summed E-state index contributed by atoms with van der Waals surface area (Å²) in [7, 11) is 0. The van der Waals surface area contributed by atoms with E-state index in [0.29, 0.717) is 0 Å².